The number of carbonyl (C=O) groups excluding carboxylic acids is 2. The lowest BCUT2D eigenvalue weighted by molar-refractivity contribution is -0.117. The van der Waals surface area contributed by atoms with Gasteiger partial charge < -0.3 is 31.2 Å². The van der Waals surface area contributed by atoms with Crippen LogP contribution in [0.5, 0.6) is 0 Å². The molecule has 1 aromatic rings. The minimum absolute atomic E-state index is 0.179. The number of nitrogens with one attached hydrogen (secondary N) is 3. The van der Waals surface area contributed by atoms with Gasteiger partial charge in [-0.05, 0) is 43.9 Å². The van der Waals surface area contributed by atoms with Gasteiger partial charge in [0, 0.05) is 31.9 Å². The Morgan fingerprint density at radius 2 is 2.03 bits per heavy atom. The number of benzene rings is 1. The van der Waals surface area contributed by atoms with Crippen LogP contribution in [0, 0.1) is 0 Å². The van der Waals surface area contributed by atoms with Crippen molar-refractivity contribution in [3.63, 3.8) is 0 Å². The van der Waals surface area contributed by atoms with Gasteiger partial charge in [-0.2, -0.15) is 0 Å². The standard InChI is InChI=1S/C21H33N5O4/c1-2-23-21(24-10-4-11-29-15-18-5-3-12-30-18)26-13-16-6-8-17(9-7-16)20(28)25-14-19(22)27/h6-9,18H,2-5,10-15H2,1H3,(H2,22,27)(H,25,28)(H2,23,24,26). The van der Waals surface area contributed by atoms with Crippen molar-refractivity contribution in [2.75, 3.05) is 39.5 Å². The molecule has 30 heavy (non-hydrogen) atoms. The first kappa shape index (κ1) is 23.6. The van der Waals surface area contributed by atoms with Gasteiger partial charge in [-0.15, -0.1) is 0 Å². The Morgan fingerprint density at radius 3 is 2.70 bits per heavy atom. The first-order valence-corrected chi connectivity index (χ1v) is 10.5. The molecule has 9 heteroatoms. The third-order valence-electron chi connectivity index (χ3n) is 4.49. The number of carbonyl (C=O) groups is 2. The summed E-state index contributed by atoms with van der Waals surface area (Å²) in [4.78, 5) is 27.2. The fourth-order valence-electron chi connectivity index (χ4n) is 2.91. The van der Waals surface area contributed by atoms with Crippen LogP contribution in [0.1, 0.15) is 42.1 Å². The molecule has 1 fully saturated rings. The van der Waals surface area contributed by atoms with Crippen molar-refractivity contribution in [1.29, 1.82) is 0 Å². The number of ether oxygens (including phenoxy) is 2. The maximum Gasteiger partial charge on any atom is 0.251 e. The van der Waals surface area contributed by atoms with Gasteiger partial charge in [-0.3, -0.25) is 9.59 Å². The number of nitrogens with zero attached hydrogens (tertiary/aromatic N) is 1. The Morgan fingerprint density at radius 1 is 1.23 bits per heavy atom. The average Bonchev–Trinajstić information content (AvgIpc) is 3.26. The Hall–Kier alpha value is -2.65. The molecule has 1 unspecified atom stereocenters. The number of hydrogen-bond donors (Lipinski definition) is 4. The fraction of sp³-hybridized carbons (Fsp3) is 0.571. The molecule has 1 atom stereocenters. The highest BCUT2D eigenvalue weighted by Crippen LogP contribution is 2.11. The number of primary amides is 1. The van der Waals surface area contributed by atoms with Crippen molar-refractivity contribution in [1.82, 2.24) is 16.0 Å². The number of nitrogens with two attached hydrogens (primary N) is 1. The lowest BCUT2D eigenvalue weighted by atomic mass is 10.1. The molecule has 0 saturated carbocycles. The van der Waals surface area contributed by atoms with E-state index in [-0.39, 0.29) is 18.6 Å². The van der Waals surface area contributed by atoms with Crippen LogP contribution in [0.4, 0.5) is 0 Å². The number of amides is 2. The van der Waals surface area contributed by atoms with E-state index in [1.165, 1.54) is 0 Å². The van der Waals surface area contributed by atoms with Gasteiger partial charge in [0.15, 0.2) is 5.96 Å². The highest BCUT2D eigenvalue weighted by molar-refractivity contribution is 5.96. The molecule has 1 heterocycles. The smallest absolute Gasteiger partial charge is 0.251 e. The Balaban J connectivity index is 1.70. The van der Waals surface area contributed by atoms with Gasteiger partial charge in [0.05, 0.1) is 25.8 Å². The Kier molecular flexibility index (Phi) is 10.7. The molecule has 166 valence electrons. The molecule has 0 aromatic heterocycles. The molecule has 1 aliphatic heterocycles. The Labute approximate surface area is 177 Å². The van der Waals surface area contributed by atoms with Crippen LogP contribution < -0.4 is 21.7 Å². The SMILES string of the molecule is CCNC(=NCc1ccc(C(=O)NCC(N)=O)cc1)NCCCOCC1CCCO1. The quantitative estimate of drug-likeness (QED) is 0.223. The van der Waals surface area contributed by atoms with Crippen molar-refractivity contribution < 1.29 is 19.1 Å². The summed E-state index contributed by atoms with van der Waals surface area (Å²) in [6.45, 7) is 6.05. The molecule has 0 radical (unpaired) electrons. The van der Waals surface area contributed by atoms with Crippen molar-refractivity contribution in [2.24, 2.45) is 10.7 Å². The lowest BCUT2D eigenvalue weighted by Gasteiger charge is -2.12. The van der Waals surface area contributed by atoms with E-state index in [9.17, 15) is 9.59 Å². The molecule has 1 aliphatic rings. The second-order valence-electron chi connectivity index (χ2n) is 7.03. The maximum atomic E-state index is 11.9. The normalized spacial score (nSPS) is 16.3. The van der Waals surface area contributed by atoms with Crippen molar-refractivity contribution in [2.45, 2.75) is 38.8 Å². The predicted octanol–water partition coefficient (Wildman–Crippen LogP) is 0.543. The van der Waals surface area contributed by atoms with Crippen LogP contribution in [-0.4, -0.2) is 63.3 Å². The first-order valence-electron chi connectivity index (χ1n) is 10.5. The summed E-state index contributed by atoms with van der Waals surface area (Å²) in [5.74, 6) is -0.173. The summed E-state index contributed by atoms with van der Waals surface area (Å²) in [6.07, 6.45) is 3.36. The zero-order valence-electron chi connectivity index (χ0n) is 17.6. The highest BCUT2D eigenvalue weighted by atomic mass is 16.5. The van der Waals surface area contributed by atoms with Crippen LogP contribution in [0.25, 0.3) is 0 Å². The third kappa shape index (κ3) is 9.23. The number of guanidine groups is 1. The average molecular weight is 420 g/mol. The lowest BCUT2D eigenvalue weighted by Crippen LogP contribution is -2.38. The molecule has 1 saturated heterocycles. The van der Waals surface area contributed by atoms with Crippen LogP contribution in [0.15, 0.2) is 29.3 Å². The summed E-state index contributed by atoms with van der Waals surface area (Å²) < 4.78 is 11.2. The zero-order chi connectivity index (χ0) is 21.6. The van der Waals surface area contributed by atoms with Crippen molar-refractivity contribution in [3.8, 4) is 0 Å². The minimum atomic E-state index is -0.577. The second-order valence-corrected chi connectivity index (χ2v) is 7.03. The topological polar surface area (TPSA) is 127 Å². The van der Waals surface area contributed by atoms with E-state index >= 15 is 0 Å². The van der Waals surface area contributed by atoms with Gasteiger partial charge in [-0.1, -0.05) is 12.1 Å². The van der Waals surface area contributed by atoms with Crippen LogP contribution >= 0.6 is 0 Å². The van der Waals surface area contributed by atoms with Gasteiger partial charge in [0.25, 0.3) is 5.91 Å². The van der Waals surface area contributed by atoms with Gasteiger partial charge in [0.2, 0.25) is 5.91 Å². The number of aliphatic imine (C=N–C) groups is 1. The monoisotopic (exact) mass is 419 g/mol. The van der Waals surface area contributed by atoms with Gasteiger partial charge in [0.1, 0.15) is 0 Å². The molecule has 2 amide bonds. The molecule has 0 aliphatic carbocycles. The second kappa shape index (κ2) is 13.6. The van der Waals surface area contributed by atoms with E-state index in [1.54, 1.807) is 12.1 Å². The molecular weight excluding hydrogens is 386 g/mol. The summed E-state index contributed by atoms with van der Waals surface area (Å²) in [7, 11) is 0. The molecule has 0 spiro atoms. The fourth-order valence-corrected chi connectivity index (χ4v) is 2.91. The van der Waals surface area contributed by atoms with E-state index in [1.807, 2.05) is 19.1 Å². The van der Waals surface area contributed by atoms with Crippen LogP contribution in [0.3, 0.4) is 0 Å². The number of hydrogen-bond acceptors (Lipinski definition) is 5. The minimum Gasteiger partial charge on any atom is -0.379 e. The van der Waals surface area contributed by atoms with Gasteiger partial charge >= 0.3 is 0 Å². The van der Waals surface area contributed by atoms with E-state index < -0.39 is 5.91 Å². The summed E-state index contributed by atoms with van der Waals surface area (Å²) in [6, 6.07) is 7.08. The number of rotatable bonds is 12. The molecular formula is C21H33N5O4. The maximum absolute atomic E-state index is 11.9. The summed E-state index contributed by atoms with van der Waals surface area (Å²) in [5, 5.41) is 8.97. The predicted molar refractivity (Wildman–Crippen MR) is 115 cm³/mol. The van der Waals surface area contributed by atoms with Crippen LogP contribution in [0.2, 0.25) is 0 Å². The zero-order valence-corrected chi connectivity index (χ0v) is 17.6. The van der Waals surface area contributed by atoms with E-state index in [4.69, 9.17) is 15.2 Å². The van der Waals surface area contributed by atoms with E-state index in [0.717, 1.165) is 50.5 Å². The third-order valence-corrected chi connectivity index (χ3v) is 4.49. The van der Waals surface area contributed by atoms with Crippen LogP contribution in [-0.2, 0) is 20.8 Å². The van der Waals surface area contributed by atoms with Crippen molar-refractivity contribution >= 4 is 17.8 Å². The largest absolute Gasteiger partial charge is 0.379 e. The summed E-state index contributed by atoms with van der Waals surface area (Å²) >= 11 is 0. The van der Waals surface area contributed by atoms with Gasteiger partial charge in [-0.25, -0.2) is 4.99 Å². The molecule has 5 N–H and O–H groups in total. The highest BCUT2D eigenvalue weighted by Gasteiger charge is 2.14. The molecule has 9 nitrogen and oxygen atoms in total. The molecule has 1 aromatic carbocycles. The van der Waals surface area contributed by atoms with E-state index in [2.05, 4.69) is 20.9 Å². The first-order chi connectivity index (χ1) is 14.6. The van der Waals surface area contributed by atoms with Crippen molar-refractivity contribution in [3.05, 3.63) is 35.4 Å². The Bertz CT molecular complexity index is 687. The molecule has 2 rings (SSSR count). The molecule has 0 bridgehead atoms. The van der Waals surface area contributed by atoms with E-state index in [0.29, 0.717) is 25.3 Å². The summed E-state index contributed by atoms with van der Waals surface area (Å²) in [5.41, 5.74) is 6.47.